The van der Waals surface area contributed by atoms with Gasteiger partial charge in [0, 0.05) is 42.9 Å². The number of hydrogen-bond acceptors (Lipinski definition) is 5. The van der Waals surface area contributed by atoms with Gasteiger partial charge in [-0.05, 0) is 37.1 Å². The molecule has 2 heterocycles. The Hall–Kier alpha value is -3.29. The van der Waals surface area contributed by atoms with Crippen molar-refractivity contribution in [1.82, 2.24) is 9.88 Å². The lowest BCUT2D eigenvalue weighted by atomic mass is 9.95. The second-order valence-corrected chi connectivity index (χ2v) is 6.07. The Morgan fingerprint density at radius 3 is 2.38 bits per heavy atom. The molecule has 2 amide bonds. The van der Waals surface area contributed by atoms with Gasteiger partial charge in [-0.3, -0.25) is 19.7 Å². The lowest BCUT2D eigenvalue weighted by Crippen LogP contribution is -2.41. The number of benzene rings is 1. The summed E-state index contributed by atoms with van der Waals surface area (Å²) in [6.45, 7) is 0.937. The number of amides is 2. The highest BCUT2D eigenvalue weighted by molar-refractivity contribution is 5.95. The Morgan fingerprint density at radius 1 is 1.12 bits per heavy atom. The minimum atomic E-state index is -0.500. The number of non-ortho nitro benzene ring substituents is 1. The third kappa shape index (κ3) is 4.02. The molecule has 2 aromatic rings. The fraction of sp³-hybridized carbons (Fsp3) is 0.278. The van der Waals surface area contributed by atoms with Crippen molar-refractivity contribution in [3.05, 3.63) is 64.3 Å². The van der Waals surface area contributed by atoms with Crippen LogP contribution in [0.15, 0.2) is 48.7 Å². The van der Waals surface area contributed by atoms with Crippen LogP contribution in [0.2, 0.25) is 0 Å². The Labute approximate surface area is 150 Å². The summed E-state index contributed by atoms with van der Waals surface area (Å²) in [5.74, 6) is 0.0782. The Morgan fingerprint density at radius 2 is 1.81 bits per heavy atom. The Bertz CT molecular complexity index is 800. The minimum Gasteiger partial charge on any atom is -0.339 e. The summed E-state index contributed by atoms with van der Waals surface area (Å²) in [6, 6.07) is 10.9. The van der Waals surface area contributed by atoms with Crippen molar-refractivity contribution in [2.24, 2.45) is 5.92 Å². The molecule has 1 aliphatic rings. The van der Waals surface area contributed by atoms with Crippen LogP contribution in [0.3, 0.4) is 0 Å². The molecule has 8 heteroatoms. The molecule has 0 saturated carbocycles. The fourth-order valence-corrected chi connectivity index (χ4v) is 2.92. The summed E-state index contributed by atoms with van der Waals surface area (Å²) in [5.41, 5.74) is 0.360. The first kappa shape index (κ1) is 17.5. The first-order valence-corrected chi connectivity index (χ1v) is 8.30. The average Bonchev–Trinajstić information content (AvgIpc) is 2.68. The van der Waals surface area contributed by atoms with Crippen molar-refractivity contribution in [3.63, 3.8) is 0 Å². The van der Waals surface area contributed by atoms with E-state index in [-0.39, 0.29) is 23.4 Å². The van der Waals surface area contributed by atoms with Crippen LogP contribution in [0, 0.1) is 16.0 Å². The van der Waals surface area contributed by atoms with Crippen molar-refractivity contribution in [3.8, 4) is 0 Å². The normalized spacial score (nSPS) is 14.7. The number of anilines is 1. The molecule has 26 heavy (non-hydrogen) atoms. The maximum Gasteiger partial charge on any atom is 0.269 e. The lowest BCUT2D eigenvalue weighted by molar-refractivity contribution is -0.384. The highest BCUT2D eigenvalue weighted by atomic mass is 16.6. The third-order valence-electron chi connectivity index (χ3n) is 4.39. The first-order chi connectivity index (χ1) is 12.5. The van der Waals surface area contributed by atoms with E-state index in [9.17, 15) is 19.7 Å². The number of carbonyl (C=O) groups excluding carboxylic acids is 2. The summed E-state index contributed by atoms with van der Waals surface area (Å²) in [4.78, 5) is 40.7. The van der Waals surface area contributed by atoms with Gasteiger partial charge in [-0.1, -0.05) is 6.07 Å². The van der Waals surface area contributed by atoms with Gasteiger partial charge < -0.3 is 10.2 Å². The molecule has 1 fully saturated rings. The van der Waals surface area contributed by atoms with Crippen LogP contribution in [0.25, 0.3) is 0 Å². The molecular formula is C18H18N4O4. The zero-order valence-electron chi connectivity index (χ0n) is 14.0. The van der Waals surface area contributed by atoms with Crippen LogP contribution < -0.4 is 5.32 Å². The van der Waals surface area contributed by atoms with E-state index in [4.69, 9.17) is 0 Å². The summed E-state index contributed by atoms with van der Waals surface area (Å²) < 4.78 is 0. The van der Waals surface area contributed by atoms with Gasteiger partial charge in [0.05, 0.1) is 4.92 Å². The topological polar surface area (TPSA) is 105 Å². The van der Waals surface area contributed by atoms with E-state index < -0.39 is 4.92 Å². The molecule has 0 radical (unpaired) electrons. The number of likely N-dealkylation sites (tertiary alicyclic amines) is 1. The number of carbonyl (C=O) groups is 2. The standard InChI is InChI=1S/C18H18N4O4/c23-17(20-16-3-1-2-10-19-16)13-8-11-21(12-9-13)18(24)14-4-6-15(7-5-14)22(25)26/h1-7,10,13H,8-9,11-12H2,(H,19,20,23). The summed E-state index contributed by atoms with van der Waals surface area (Å²) in [5, 5.41) is 13.5. The number of rotatable bonds is 4. The molecule has 0 unspecified atom stereocenters. The van der Waals surface area contributed by atoms with Crippen molar-refractivity contribution >= 4 is 23.3 Å². The van der Waals surface area contributed by atoms with Gasteiger partial charge in [0.2, 0.25) is 5.91 Å². The van der Waals surface area contributed by atoms with E-state index in [1.54, 1.807) is 29.3 Å². The van der Waals surface area contributed by atoms with Crippen molar-refractivity contribution in [2.75, 3.05) is 18.4 Å². The molecule has 1 aliphatic heterocycles. The molecule has 0 spiro atoms. The van der Waals surface area contributed by atoms with Gasteiger partial charge in [-0.25, -0.2) is 4.98 Å². The van der Waals surface area contributed by atoms with Crippen LogP contribution >= 0.6 is 0 Å². The van der Waals surface area contributed by atoms with Gasteiger partial charge in [0.25, 0.3) is 11.6 Å². The molecule has 8 nitrogen and oxygen atoms in total. The third-order valence-corrected chi connectivity index (χ3v) is 4.39. The van der Waals surface area contributed by atoms with Crippen molar-refractivity contribution in [1.29, 1.82) is 0 Å². The lowest BCUT2D eigenvalue weighted by Gasteiger charge is -2.31. The molecule has 0 bridgehead atoms. The van der Waals surface area contributed by atoms with Crippen LogP contribution in [-0.2, 0) is 4.79 Å². The van der Waals surface area contributed by atoms with Crippen LogP contribution in [0.1, 0.15) is 23.2 Å². The number of nitrogens with zero attached hydrogens (tertiary/aromatic N) is 3. The first-order valence-electron chi connectivity index (χ1n) is 8.30. The number of pyridine rings is 1. The number of hydrogen-bond donors (Lipinski definition) is 1. The molecule has 1 aromatic heterocycles. The summed E-state index contributed by atoms with van der Waals surface area (Å²) in [6.07, 6.45) is 2.75. The van der Waals surface area contributed by atoms with Crippen molar-refractivity contribution < 1.29 is 14.5 Å². The van der Waals surface area contributed by atoms with Crippen molar-refractivity contribution in [2.45, 2.75) is 12.8 Å². The maximum absolute atomic E-state index is 12.5. The Kier molecular flexibility index (Phi) is 5.21. The van der Waals surface area contributed by atoms with E-state index in [2.05, 4.69) is 10.3 Å². The van der Waals surface area contributed by atoms with E-state index in [0.717, 1.165) is 0 Å². The molecule has 1 N–H and O–H groups in total. The number of nitro benzene ring substituents is 1. The van der Waals surface area contributed by atoms with E-state index >= 15 is 0 Å². The monoisotopic (exact) mass is 354 g/mol. The molecular weight excluding hydrogens is 336 g/mol. The number of aromatic nitrogens is 1. The smallest absolute Gasteiger partial charge is 0.269 e. The second-order valence-electron chi connectivity index (χ2n) is 6.07. The highest BCUT2D eigenvalue weighted by Gasteiger charge is 2.28. The Balaban J connectivity index is 1.55. The van der Waals surface area contributed by atoms with Gasteiger partial charge in [-0.15, -0.1) is 0 Å². The average molecular weight is 354 g/mol. The predicted molar refractivity (Wildman–Crippen MR) is 94.6 cm³/mol. The minimum absolute atomic E-state index is 0.0496. The van der Waals surface area contributed by atoms with Gasteiger partial charge >= 0.3 is 0 Å². The predicted octanol–water partition coefficient (Wildman–Crippen LogP) is 2.48. The quantitative estimate of drug-likeness (QED) is 0.671. The largest absolute Gasteiger partial charge is 0.339 e. The number of nitro groups is 1. The number of nitrogens with one attached hydrogen (secondary N) is 1. The summed E-state index contributed by atoms with van der Waals surface area (Å²) in [7, 11) is 0. The van der Waals surface area contributed by atoms with Gasteiger partial charge in [0.1, 0.15) is 5.82 Å². The SMILES string of the molecule is O=C(Nc1ccccn1)C1CCN(C(=O)c2ccc([N+](=O)[O-])cc2)CC1. The molecule has 134 valence electrons. The van der Waals surface area contributed by atoms with Crippen LogP contribution in [-0.4, -0.2) is 39.7 Å². The molecule has 1 aromatic carbocycles. The van der Waals surface area contributed by atoms with Gasteiger partial charge in [0.15, 0.2) is 0 Å². The fourth-order valence-electron chi connectivity index (χ4n) is 2.92. The molecule has 1 saturated heterocycles. The van der Waals surface area contributed by atoms with E-state index in [0.29, 0.717) is 37.3 Å². The van der Waals surface area contributed by atoms with E-state index in [1.165, 1.54) is 24.3 Å². The highest BCUT2D eigenvalue weighted by Crippen LogP contribution is 2.21. The summed E-state index contributed by atoms with van der Waals surface area (Å²) >= 11 is 0. The number of piperidine rings is 1. The molecule has 3 rings (SSSR count). The van der Waals surface area contributed by atoms with Crippen LogP contribution in [0.4, 0.5) is 11.5 Å². The van der Waals surface area contributed by atoms with Gasteiger partial charge in [-0.2, -0.15) is 0 Å². The second kappa shape index (κ2) is 7.73. The zero-order valence-corrected chi connectivity index (χ0v) is 14.0. The molecule has 0 aliphatic carbocycles. The molecule has 0 atom stereocenters. The van der Waals surface area contributed by atoms with E-state index in [1.807, 2.05) is 0 Å². The van der Waals surface area contributed by atoms with Crippen LogP contribution in [0.5, 0.6) is 0 Å². The maximum atomic E-state index is 12.5. The zero-order chi connectivity index (χ0) is 18.5.